The second kappa shape index (κ2) is 7.39. The smallest absolute Gasteiger partial charge is 0.305 e. The number of esters is 1. The lowest BCUT2D eigenvalue weighted by Gasteiger charge is -2.36. The van der Waals surface area contributed by atoms with E-state index in [0.29, 0.717) is 12.5 Å². The topological polar surface area (TPSA) is 29.5 Å². The summed E-state index contributed by atoms with van der Waals surface area (Å²) in [5.41, 5.74) is 1.17. The van der Waals surface area contributed by atoms with E-state index < -0.39 is 0 Å². The summed E-state index contributed by atoms with van der Waals surface area (Å²) in [5, 5.41) is 0. The molecule has 2 rings (SSSR count). The fourth-order valence-electron chi connectivity index (χ4n) is 2.85. The molecule has 1 aliphatic heterocycles. The number of ether oxygens (including phenoxy) is 1. The van der Waals surface area contributed by atoms with Crippen LogP contribution in [-0.2, 0) is 9.53 Å². The second-order valence-electron chi connectivity index (χ2n) is 5.28. The Morgan fingerprint density at radius 2 is 2.10 bits per heavy atom. The molecule has 1 aliphatic rings. The van der Waals surface area contributed by atoms with E-state index in [0.717, 1.165) is 25.9 Å². The summed E-state index contributed by atoms with van der Waals surface area (Å²) in [5.74, 6) is -0.345. The third-order valence-electron chi connectivity index (χ3n) is 3.92. The zero-order chi connectivity index (χ0) is 14.4. The number of carbonyl (C=O) groups excluding carboxylic acids is 1. The molecule has 20 heavy (non-hydrogen) atoms. The molecule has 1 saturated heterocycles. The molecule has 1 heterocycles. The lowest BCUT2D eigenvalue weighted by molar-refractivity contribution is -0.140. The predicted octanol–water partition coefficient (Wildman–Crippen LogP) is 3.31. The third kappa shape index (κ3) is 4.04. The Morgan fingerprint density at radius 1 is 1.35 bits per heavy atom. The molecule has 1 aromatic rings. The number of methoxy groups -OCH3 is 1. The summed E-state index contributed by atoms with van der Waals surface area (Å²) < 4.78 is 17.7. The molecule has 0 aliphatic carbocycles. The Labute approximate surface area is 119 Å². The van der Waals surface area contributed by atoms with Crippen molar-refractivity contribution in [3.63, 3.8) is 0 Å². The summed E-state index contributed by atoms with van der Waals surface area (Å²) in [6.45, 7) is 1.93. The molecule has 1 aromatic carbocycles. The third-order valence-corrected chi connectivity index (χ3v) is 3.92. The summed E-state index contributed by atoms with van der Waals surface area (Å²) in [6.07, 6.45) is 4.77. The highest BCUT2D eigenvalue weighted by Gasteiger charge is 2.23. The van der Waals surface area contributed by atoms with Gasteiger partial charge in [-0.15, -0.1) is 0 Å². The normalized spacial score (nSPS) is 19.8. The van der Waals surface area contributed by atoms with Crippen molar-refractivity contribution in [2.45, 2.75) is 38.1 Å². The van der Waals surface area contributed by atoms with Crippen LogP contribution >= 0.6 is 0 Å². The molecule has 0 saturated carbocycles. The van der Waals surface area contributed by atoms with E-state index in [1.807, 2.05) is 12.1 Å². The first kappa shape index (κ1) is 15.0. The fourth-order valence-corrected chi connectivity index (χ4v) is 2.85. The Kier molecular flexibility index (Phi) is 5.53. The zero-order valence-corrected chi connectivity index (χ0v) is 12.0. The summed E-state index contributed by atoms with van der Waals surface area (Å²) in [7, 11) is 1.42. The second-order valence-corrected chi connectivity index (χ2v) is 5.28. The number of carbonyl (C=O) groups is 1. The van der Waals surface area contributed by atoms with Gasteiger partial charge in [-0.1, -0.05) is 18.6 Å². The Balaban J connectivity index is 1.94. The van der Waals surface area contributed by atoms with Crippen molar-refractivity contribution in [2.75, 3.05) is 20.2 Å². The lowest BCUT2D eigenvalue weighted by atomic mass is 9.95. The number of likely N-dealkylation sites (tertiary alicyclic amines) is 1. The van der Waals surface area contributed by atoms with Crippen LogP contribution in [0.1, 0.15) is 43.7 Å². The molecule has 0 radical (unpaired) electrons. The molecule has 4 heteroatoms. The standard InChI is InChI=1S/C16H22FNO2/c1-20-16(19)6-4-12-18-11-3-2-5-15(18)13-7-9-14(17)10-8-13/h7-10,15H,2-6,11-12H2,1H3/t15-/m1/s1. The summed E-state index contributed by atoms with van der Waals surface area (Å²) in [6, 6.07) is 7.15. The van der Waals surface area contributed by atoms with Gasteiger partial charge in [0.1, 0.15) is 5.82 Å². The van der Waals surface area contributed by atoms with E-state index in [-0.39, 0.29) is 11.8 Å². The van der Waals surface area contributed by atoms with Gasteiger partial charge in [-0.25, -0.2) is 4.39 Å². The monoisotopic (exact) mass is 279 g/mol. The SMILES string of the molecule is COC(=O)CCCN1CCCC[C@@H]1c1ccc(F)cc1. The minimum Gasteiger partial charge on any atom is -0.469 e. The quantitative estimate of drug-likeness (QED) is 0.774. The number of halogens is 1. The van der Waals surface area contributed by atoms with Crippen LogP contribution in [0, 0.1) is 5.82 Å². The van der Waals surface area contributed by atoms with Gasteiger partial charge in [0.15, 0.2) is 0 Å². The molecule has 0 bridgehead atoms. The van der Waals surface area contributed by atoms with Crippen LogP contribution in [0.4, 0.5) is 4.39 Å². The zero-order valence-electron chi connectivity index (χ0n) is 12.0. The van der Waals surface area contributed by atoms with E-state index in [2.05, 4.69) is 9.64 Å². The molecule has 0 aromatic heterocycles. The van der Waals surface area contributed by atoms with Crippen molar-refractivity contribution in [1.29, 1.82) is 0 Å². The van der Waals surface area contributed by atoms with Gasteiger partial charge in [-0.3, -0.25) is 9.69 Å². The largest absolute Gasteiger partial charge is 0.469 e. The minimum atomic E-state index is -0.193. The Hall–Kier alpha value is -1.42. The average Bonchev–Trinajstić information content (AvgIpc) is 2.48. The highest BCUT2D eigenvalue weighted by Crippen LogP contribution is 2.31. The summed E-state index contributed by atoms with van der Waals surface area (Å²) in [4.78, 5) is 13.6. The Morgan fingerprint density at radius 3 is 2.80 bits per heavy atom. The molecule has 0 amide bonds. The van der Waals surface area contributed by atoms with Gasteiger partial charge in [-0.05, 0) is 50.0 Å². The van der Waals surface area contributed by atoms with Crippen LogP contribution in [0.15, 0.2) is 24.3 Å². The Bertz CT molecular complexity index is 433. The first-order valence-corrected chi connectivity index (χ1v) is 7.27. The molecule has 0 N–H and O–H groups in total. The van der Waals surface area contributed by atoms with Gasteiger partial charge in [0.2, 0.25) is 0 Å². The van der Waals surface area contributed by atoms with Crippen molar-refractivity contribution in [3.8, 4) is 0 Å². The highest BCUT2D eigenvalue weighted by atomic mass is 19.1. The van der Waals surface area contributed by atoms with E-state index in [4.69, 9.17) is 0 Å². The predicted molar refractivity (Wildman–Crippen MR) is 75.8 cm³/mol. The maximum absolute atomic E-state index is 13.0. The van der Waals surface area contributed by atoms with Gasteiger partial charge in [0, 0.05) is 12.5 Å². The molecule has 0 spiro atoms. The average molecular weight is 279 g/mol. The maximum atomic E-state index is 13.0. The van der Waals surface area contributed by atoms with Gasteiger partial charge < -0.3 is 4.74 Å². The van der Waals surface area contributed by atoms with Gasteiger partial charge in [0.05, 0.1) is 7.11 Å². The maximum Gasteiger partial charge on any atom is 0.305 e. The van der Waals surface area contributed by atoms with Crippen LogP contribution in [0.2, 0.25) is 0 Å². The van der Waals surface area contributed by atoms with Crippen LogP contribution < -0.4 is 0 Å². The van der Waals surface area contributed by atoms with Crippen LogP contribution in [-0.4, -0.2) is 31.1 Å². The molecule has 1 atom stereocenters. The van der Waals surface area contributed by atoms with Gasteiger partial charge >= 0.3 is 5.97 Å². The lowest BCUT2D eigenvalue weighted by Crippen LogP contribution is -2.34. The molecule has 1 fully saturated rings. The molecule has 110 valence electrons. The highest BCUT2D eigenvalue weighted by molar-refractivity contribution is 5.69. The van der Waals surface area contributed by atoms with Crippen LogP contribution in [0.25, 0.3) is 0 Å². The minimum absolute atomic E-state index is 0.152. The number of piperidine rings is 1. The van der Waals surface area contributed by atoms with E-state index in [1.165, 1.54) is 37.6 Å². The molecular weight excluding hydrogens is 257 g/mol. The number of benzene rings is 1. The van der Waals surface area contributed by atoms with E-state index in [9.17, 15) is 9.18 Å². The van der Waals surface area contributed by atoms with Crippen LogP contribution in [0.3, 0.4) is 0 Å². The number of nitrogens with zero attached hydrogens (tertiary/aromatic N) is 1. The molecule has 3 nitrogen and oxygen atoms in total. The number of rotatable bonds is 5. The van der Waals surface area contributed by atoms with E-state index >= 15 is 0 Å². The van der Waals surface area contributed by atoms with Crippen molar-refractivity contribution >= 4 is 5.97 Å². The van der Waals surface area contributed by atoms with Crippen molar-refractivity contribution < 1.29 is 13.9 Å². The number of hydrogen-bond acceptors (Lipinski definition) is 3. The van der Waals surface area contributed by atoms with Gasteiger partial charge in [0.25, 0.3) is 0 Å². The fraction of sp³-hybridized carbons (Fsp3) is 0.562. The van der Waals surface area contributed by atoms with E-state index in [1.54, 1.807) is 0 Å². The van der Waals surface area contributed by atoms with Crippen molar-refractivity contribution in [1.82, 2.24) is 4.90 Å². The van der Waals surface area contributed by atoms with Crippen LogP contribution in [0.5, 0.6) is 0 Å². The summed E-state index contributed by atoms with van der Waals surface area (Å²) >= 11 is 0. The molecular formula is C16H22FNO2. The number of hydrogen-bond donors (Lipinski definition) is 0. The first-order valence-electron chi connectivity index (χ1n) is 7.27. The first-order chi connectivity index (χ1) is 9.70. The van der Waals surface area contributed by atoms with Crippen molar-refractivity contribution in [2.24, 2.45) is 0 Å². The molecule has 0 unspecified atom stereocenters. The van der Waals surface area contributed by atoms with Gasteiger partial charge in [-0.2, -0.15) is 0 Å². The van der Waals surface area contributed by atoms with Crippen molar-refractivity contribution in [3.05, 3.63) is 35.6 Å².